The van der Waals surface area contributed by atoms with Crippen LogP contribution in [0.15, 0.2) is 83.3 Å². The van der Waals surface area contributed by atoms with E-state index < -0.39 is 11.6 Å². The number of hydrogen-bond acceptors (Lipinski definition) is 3. The van der Waals surface area contributed by atoms with Crippen LogP contribution < -0.4 is 10.1 Å². The van der Waals surface area contributed by atoms with Gasteiger partial charge in [0, 0.05) is 18.5 Å². The van der Waals surface area contributed by atoms with E-state index in [2.05, 4.69) is 35.1 Å². The lowest BCUT2D eigenvalue weighted by Crippen LogP contribution is -2.55. The predicted molar refractivity (Wildman–Crippen MR) is 153 cm³/mol. The molecule has 3 aromatic rings. The summed E-state index contributed by atoms with van der Waals surface area (Å²) >= 11 is 3.57. The minimum Gasteiger partial charge on any atom is -0.483 e. The quantitative estimate of drug-likeness (QED) is 0.305. The Kier molecular flexibility index (Phi) is 9.93. The third-order valence-electron chi connectivity index (χ3n) is 5.94. The van der Waals surface area contributed by atoms with Crippen LogP contribution >= 0.6 is 15.9 Å². The molecule has 1 atom stereocenters. The van der Waals surface area contributed by atoms with Crippen LogP contribution in [0.3, 0.4) is 0 Å². The molecular formula is C31H37BrN2O3. The summed E-state index contributed by atoms with van der Waals surface area (Å²) in [7, 11) is 0. The van der Waals surface area contributed by atoms with Crippen molar-refractivity contribution in [3.8, 4) is 5.75 Å². The zero-order valence-electron chi connectivity index (χ0n) is 22.3. The van der Waals surface area contributed by atoms with Gasteiger partial charge in [0.1, 0.15) is 11.8 Å². The van der Waals surface area contributed by atoms with Crippen LogP contribution in [0, 0.1) is 0 Å². The third kappa shape index (κ3) is 8.74. The van der Waals surface area contributed by atoms with Gasteiger partial charge in [-0.25, -0.2) is 0 Å². The van der Waals surface area contributed by atoms with Crippen LogP contribution in [-0.2, 0) is 22.6 Å². The van der Waals surface area contributed by atoms with Gasteiger partial charge in [0.15, 0.2) is 6.61 Å². The molecule has 0 radical (unpaired) electrons. The van der Waals surface area contributed by atoms with Crippen molar-refractivity contribution in [3.05, 3.63) is 100 Å². The predicted octanol–water partition coefficient (Wildman–Crippen LogP) is 6.51. The topological polar surface area (TPSA) is 58.6 Å². The summed E-state index contributed by atoms with van der Waals surface area (Å²) in [5.41, 5.74) is 2.67. The summed E-state index contributed by atoms with van der Waals surface area (Å²) in [6.45, 7) is 10.2. The van der Waals surface area contributed by atoms with E-state index in [0.29, 0.717) is 24.6 Å². The second kappa shape index (κ2) is 12.9. The molecule has 196 valence electrons. The number of rotatable bonds is 10. The van der Waals surface area contributed by atoms with Gasteiger partial charge in [0.2, 0.25) is 5.91 Å². The van der Waals surface area contributed by atoms with Gasteiger partial charge in [-0.2, -0.15) is 0 Å². The summed E-state index contributed by atoms with van der Waals surface area (Å²) in [6, 6.07) is 24.7. The first kappa shape index (κ1) is 28.5. The van der Waals surface area contributed by atoms with Crippen molar-refractivity contribution in [3.63, 3.8) is 0 Å². The Morgan fingerprint density at radius 3 is 2.05 bits per heavy atom. The normalized spacial score (nSPS) is 12.2. The fraction of sp³-hybridized carbons (Fsp3) is 0.355. The van der Waals surface area contributed by atoms with Crippen molar-refractivity contribution in [2.24, 2.45) is 0 Å². The molecule has 0 aliphatic heterocycles. The highest BCUT2D eigenvalue weighted by Gasteiger charge is 2.32. The number of hydrogen-bond donors (Lipinski definition) is 1. The second-order valence-electron chi connectivity index (χ2n) is 10.6. The lowest BCUT2D eigenvalue weighted by Gasteiger charge is -2.33. The summed E-state index contributed by atoms with van der Waals surface area (Å²) in [6.07, 6.45) is 0.397. The molecule has 0 aliphatic rings. The maximum atomic E-state index is 13.7. The average molecular weight is 566 g/mol. The molecule has 0 spiro atoms. The Balaban J connectivity index is 1.90. The maximum Gasteiger partial charge on any atom is 0.261 e. The molecular weight excluding hydrogens is 528 g/mol. The fourth-order valence-electron chi connectivity index (χ4n) is 4.00. The highest BCUT2D eigenvalue weighted by molar-refractivity contribution is 9.10. The van der Waals surface area contributed by atoms with Crippen molar-refractivity contribution in [1.82, 2.24) is 10.2 Å². The van der Waals surface area contributed by atoms with Crippen LogP contribution in [0.1, 0.15) is 57.2 Å². The first-order chi connectivity index (χ1) is 17.5. The minimum atomic E-state index is -0.704. The van der Waals surface area contributed by atoms with Gasteiger partial charge in [-0.05, 0) is 71.4 Å². The van der Waals surface area contributed by atoms with E-state index >= 15 is 0 Å². The Bertz CT molecular complexity index is 1170. The molecule has 1 N–H and O–H groups in total. The molecule has 5 nitrogen and oxygen atoms in total. The third-order valence-corrected chi connectivity index (χ3v) is 6.56. The Hall–Kier alpha value is -3.12. The zero-order chi connectivity index (χ0) is 27.0. The second-order valence-corrected chi connectivity index (χ2v) is 11.4. The molecule has 0 saturated carbocycles. The van der Waals surface area contributed by atoms with E-state index in [1.54, 1.807) is 4.90 Å². The van der Waals surface area contributed by atoms with E-state index in [4.69, 9.17) is 4.74 Å². The Morgan fingerprint density at radius 2 is 1.51 bits per heavy atom. The fourth-order valence-corrected chi connectivity index (χ4v) is 4.51. The number of ether oxygens (including phenoxy) is 1. The van der Waals surface area contributed by atoms with Crippen molar-refractivity contribution in [1.29, 1.82) is 0 Å². The van der Waals surface area contributed by atoms with Crippen molar-refractivity contribution in [2.45, 2.75) is 65.1 Å². The van der Waals surface area contributed by atoms with E-state index in [1.807, 2.05) is 99.6 Å². The molecule has 0 aliphatic carbocycles. The SMILES string of the molecule is CC(C)c1ccc(OCC(=O)N(Cc2ccccc2)[C@H](Cc2ccccc2)C(=O)NC(C)(C)C)c(Br)c1. The van der Waals surface area contributed by atoms with E-state index in [0.717, 1.165) is 15.6 Å². The number of carbonyl (C=O) groups excluding carboxylic acids is 2. The molecule has 0 unspecified atom stereocenters. The van der Waals surface area contributed by atoms with Crippen LogP contribution in [0.25, 0.3) is 0 Å². The molecule has 6 heteroatoms. The highest BCUT2D eigenvalue weighted by Crippen LogP contribution is 2.29. The monoisotopic (exact) mass is 564 g/mol. The van der Waals surface area contributed by atoms with E-state index in [9.17, 15) is 9.59 Å². The van der Waals surface area contributed by atoms with Gasteiger partial charge in [0.05, 0.1) is 4.47 Å². The van der Waals surface area contributed by atoms with Gasteiger partial charge in [0.25, 0.3) is 5.91 Å². The van der Waals surface area contributed by atoms with E-state index in [-0.39, 0.29) is 18.4 Å². The smallest absolute Gasteiger partial charge is 0.261 e. The molecule has 3 rings (SSSR count). The first-order valence-electron chi connectivity index (χ1n) is 12.6. The van der Waals surface area contributed by atoms with Crippen molar-refractivity contribution in [2.75, 3.05) is 6.61 Å². The number of amides is 2. The minimum absolute atomic E-state index is 0.180. The molecule has 0 heterocycles. The van der Waals surface area contributed by atoms with Crippen molar-refractivity contribution < 1.29 is 14.3 Å². The number of benzene rings is 3. The number of halogens is 1. The average Bonchev–Trinajstić information content (AvgIpc) is 2.85. The first-order valence-corrected chi connectivity index (χ1v) is 13.4. The lowest BCUT2D eigenvalue weighted by atomic mass is 10.0. The summed E-state index contributed by atoms with van der Waals surface area (Å²) < 4.78 is 6.76. The Morgan fingerprint density at radius 1 is 0.919 bits per heavy atom. The van der Waals surface area contributed by atoms with Crippen LogP contribution in [-0.4, -0.2) is 34.9 Å². The standard InChI is InChI=1S/C31H37BrN2O3/c1-22(2)25-16-17-28(26(32)19-25)37-21-29(35)34(20-24-14-10-7-11-15-24)27(30(36)33-31(3,4)5)18-23-12-8-6-9-13-23/h6-17,19,22,27H,18,20-21H2,1-5H3,(H,33,36)/t27-/m1/s1. The molecule has 0 saturated heterocycles. The number of nitrogens with zero attached hydrogens (tertiary/aromatic N) is 1. The number of carbonyl (C=O) groups is 2. The Labute approximate surface area is 229 Å². The maximum absolute atomic E-state index is 13.7. The molecule has 37 heavy (non-hydrogen) atoms. The van der Waals surface area contributed by atoms with Crippen LogP contribution in [0.2, 0.25) is 0 Å². The molecule has 2 amide bonds. The largest absolute Gasteiger partial charge is 0.483 e. The van der Waals surface area contributed by atoms with Crippen molar-refractivity contribution >= 4 is 27.7 Å². The van der Waals surface area contributed by atoms with Crippen LogP contribution in [0.4, 0.5) is 0 Å². The number of nitrogens with one attached hydrogen (secondary N) is 1. The van der Waals surface area contributed by atoms with Gasteiger partial charge in [-0.1, -0.05) is 80.6 Å². The van der Waals surface area contributed by atoms with Gasteiger partial charge >= 0.3 is 0 Å². The summed E-state index contributed by atoms with van der Waals surface area (Å²) in [5.74, 6) is 0.529. The summed E-state index contributed by atoms with van der Waals surface area (Å²) in [4.78, 5) is 28.9. The van der Waals surface area contributed by atoms with Crippen LogP contribution in [0.5, 0.6) is 5.75 Å². The van der Waals surface area contributed by atoms with E-state index in [1.165, 1.54) is 5.56 Å². The zero-order valence-corrected chi connectivity index (χ0v) is 23.9. The van der Waals surface area contributed by atoms with Gasteiger partial charge in [-0.15, -0.1) is 0 Å². The summed E-state index contributed by atoms with van der Waals surface area (Å²) in [5, 5.41) is 3.08. The molecule has 0 bridgehead atoms. The lowest BCUT2D eigenvalue weighted by molar-refractivity contribution is -0.143. The highest BCUT2D eigenvalue weighted by atomic mass is 79.9. The van der Waals surface area contributed by atoms with Gasteiger partial charge < -0.3 is 15.0 Å². The molecule has 0 fully saturated rings. The van der Waals surface area contributed by atoms with Gasteiger partial charge in [-0.3, -0.25) is 9.59 Å². The molecule has 0 aromatic heterocycles. The molecule has 3 aromatic carbocycles.